The van der Waals surface area contributed by atoms with Crippen LogP contribution in [0.4, 0.5) is 10.5 Å². The SMILES string of the molecule is CCC(=O)c1ccc(N(C(=O)OC)C2CCN(C(C)C(=O)O)CC2)cc1. The van der Waals surface area contributed by atoms with E-state index in [1.54, 1.807) is 36.1 Å². The maximum Gasteiger partial charge on any atom is 0.414 e. The van der Waals surface area contributed by atoms with E-state index in [9.17, 15) is 14.4 Å². The molecule has 2 rings (SSSR count). The van der Waals surface area contributed by atoms with Crippen LogP contribution in [-0.2, 0) is 9.53 Å². The van der Waals surface area contributed by atoms with Crippen LogP contribution in [0.5, 0.6) is 0 Å². The summed E-state index contributed by atoms with van der Waals surface area (Å²) in [6.45, 7) is 4.67. The van der Waals surface area contributed by atoms with Crippen molar-refractivity contribution in [1.82, 2.24) is 4.90 Å². The summed E-state index contributed by atoms with van der Waals surface area (Å²) in [6.07, 6.45) is 1.29. The second kappa shape index (κ2) is 8.80. The highest BCUT2D eigenvalue weighted by Crippen LogP contribution is 2.26. The molecule has 0 spiro atoms. The molecule has 0 saturated carbocycles. The summed E-state index contributed by atoms with van der Waals surface area (Å²) in [6, 6.07) is 6.34. The number of hydrogen-bond donors (Lipinski definition) is 1. The Balaban J connectivity index is 2.15. The lowest BCUT2D eigenvalue weighted by molar-refractivity contribution is -0.143. The van der Waals surface area contributed by atoms with Gasteiger partial charge in [0.25, 0.3) is 0 Å². The summed E-state index contributed by atoms with van der Waals surface area (Å²) in [4.78, 5) is 38.8. The Morgan fingerprint density at radius 3 is 2.27 bits per heavy atom. The average Bonchev–Trinajstić information content (AvgIpc) is 2.67. The van der Waals surface area contributed by atoms with Gasteiger partial charge in [-0.3, -0.25) is 19.4 Å². The number of amides is 1. The van der Waals surface area contributed by atoms with Crippen LogP contribution < -0.4 is 4.90 Å². The van der Waals surface area contributed by atoms with Crippen molar-refractivity contribution < 1.29 is 24.2 Å². The van der Waals surface area contributed by atoms with E-state index in [-0.39, 0.29) is 11.8 Å². The van der Waals surface area contributed by atoms with Crippen LogP contribution in [0.25, 0.3) is 0 Å². The van der Waals surface area contributed by atoms with Gasteiger partial charge in [0.15, 0.2) is 5.78 Å². The Bertz CT molecular complexity index is 650. The van der Waals surface area contributed by atoms with Crippen LogP contribution >= 0.6 is 0 Å². The van der Waals surface area contributed by atoms with Crippen LogP contribution in [0, 0.1) is 0 Å². The molecule has 1 heterocycles. The molecule has 0 aliphatic carbocycles. The number of piperidine rings is 1. The number of ether oxygens (including phenoxy) is 1. The summed E-state index contributed by atoms with van der Waals surface area (Å²) in [5, 5.41) is 9.15. The molecule has 7 heteroatoms. The van der Waals surface area contributed by atoms with Gasteiger partial charge < -0.3 is 9.84 Å². The Morgan fingerprint density at radius 1 is 1.23 bits per heavy atom. The predicted octanol–water partition coefficient (Wildman–Crippen LogP) is 2.79. The lowest BCUT2D eigenvalue weighted by atomic mass is 10.0. The minimum absolute atomic E-state index is 0.0529. The van der Waals surface area contributed by atoms with Crippen molar-refractivity contribution in [3.63, 3.8) is 0 Å². The lowest BCUT2D eigenvalue weighted by Crippen LogP contribution is -2.51. The number of aliphatic carboxylic acids is 1. The van der Waals surface area contributed by atoms with Crippen molar-refractivity contribution >= 4 is 23.5 Å². The van der Waals surface area contributed by atoms with Crippen LogP contribution in [0.15, 0.2) is 24.3 Å². The van der Waals surface area contributed by atoms with Crippen LogP contribution in [0.1, 0.15) is 43.5 Å². The minimum Gasteiger partial charge on any atom is -0.480 e. The standard InChI is InChI=1S/C19H26N2O5/c1-4-17(22)14-5-7-15(8-6-14)21(19(25)26-3)16-9-11-20(12-10-16)13(2)18(23)24/h5-8,13,16H,4,9-12H2,1-3H3,(H,23,24). The molecule has 1 unspecified atom stereocenters. The van der Waals surface area contributed by atoms with Crippen LogP contribution in [0.3, 0.4) is 0 Å². The predicted molar refractivity (Wildman–Crippen MR) is 97.6 cm³/mol. The largest absolute Gasteiger partial charge is 0.480 e. The van der Waals surface area contributed by atoms with Crippen molar-refractivity contribution in [3.8, 4) is 0 Å². The van der Waals surface area contributed by atoms with Gasteiger partial charge in [-0.2, -0.15) is 0 Å². The smallest absolute Gasteiger partial charge is 0.414 e. The fourth-order valence-electron chi connectivity index (χ4n) is 3.26. The molecule has 1 aromatic rings. The number of Topliss-reactive ketones (excluding diaryl/α,β-unsaturated/α-hetero) is 1. The first kappa shape index (κ1) is 19.9. The molecular weight excluding hydrogens is 336 g/mol. The van der Waals surface area contributed by atoms with Crippen molar-refractivity contribution in [2.45, 2.75) is 45.2 Å². The molecule has 7 nitrogen and oxygen atoms in total. The molecule has 1 aromatic carbocycles. The first-order chi connectivity index (χ1) is 12.4. The normalized spacial score (nSPS) is 16.7. The summed E-state index contributed by atoms with van der Waals surface area (Å²) in [5.41, 5.74) is 1.29. The number of likely N-dealkylation sites (tertiary alicyclic amines) is 1. The number of carbonyl (C=O) groups is 3. The Kier molecular flexibility index (Phi) is 6.74. The van der Waals surface area contributed by atoms with Gasteiger partial charge in [-0.05, 0) is 44.0 Å². The molecular formula is C19H26N2O5. The molecule has 1 atom stereocenters. The summed E-state index contributed by atoms with van der Waals surface area (Å²) < 4.78 is 4.94. The Labute approximate surface area is 153 Å². The van der Waals surface area contributed by atoms with E-state index in [1.807, 2.05) is 11.8 Å². The molecule has 1 N–H and O–H groups in total. The lowest BCUT2D eigenvalue weighted by Gasteiger charge is -2.39. The number of carboxylic acids is 1. The molecule has 0 aromatic heterocycles. The van der Waals surface area contributed by atoms with Gasteiger partial charge >= 0.3 is 12.1 Å². The number of rotatable bonds is 6. The molecule has 142 valence electrons. The fourth-order valence-corrected chi connectivity index (χ4v) is 3.26. The number of nitrogens with zero attached hydrogens (tertiary/aromatic N) is 2. The van der Waals surface area contributed by atoms with Crippen LogP contribution in [-0.4, -0.2) is 60.1 Å². The molecule has 1 fully saturated rings. The molecule has 1 saturated heterocycles. The van der Waals surface area contributed by atoms with E-state index in [0.29, 0.717) is 43.6 Å². The highest BCUT2D eigenvalue weighted by molar-refractivity contribution is 5.96. The number of carboxylic acid groups (broad SMARTS) is 1. The van der Waals surface area contributed by atoms with E-state index >= 15 is 0 Å². The van der Waals surface area contributed by atoms with E-state index in [0.717, 1.165) is 0 Å². The number of hydrogen-bond acceptors (Lipinski definition) is 5. The number of anilines is 1. The monoisotopic (exact) mass is 362 g/mol. The van der Waals surface area contributed by atoms with E-state index in [4.69, 9.17) is 9.84 Å². The highest BCUT2D eigenvalue weighted by atomic mass is 16.5. The number of methoxy groups -OCH3 is 1. The van der Waals surface area contributed by atoms with E-state index in [1.165, 1.54) is 7.11 Å². The van der Waals surface area contributed by atoms with Crippen molar-refractivity contribution in [1.29, 1.82) is 0 Å². The third kappa shape index (κ3) is 4.40. The highest BCUT2D eigenvalue weighted by Gasteiger charge is 2.32. The quantitative estimate of drug-likeness (QED) is 0.783. The zero-order valence-corrected chi connectivity index (χ0v) is 15.5. The van der Waals surface area contributed by atoms with Gasteiger partial charge in [0.2, 0.25) is 0 Å². The zero-order chi connectivity index (χ0) is 19.3. The van der Waals surface area contributed by atoms with Gasteiger partial charge in [0.1, 0.15) is 6.04 Å². The molecule has 1 aliphatic heterocycles. The number of ketones is 1. The van der Waals surface area contributed by atoms with E-state index in [2.05, 4.69) is 0 Å². The van der Waals surface area contributed by atoms with Crippen molar-refractivity contribution in [2.24, 2.45) is 0 Å². The van der Waals surface area contributed by atoms with Crippen molar-refractivity contribution in [3.05, 3.63) is 29.8 Å². The average molecular weight is 362 g/mol. The minimum atomic E-state index is -0.843. The molecule has 0 radical (unpaired) electrons. The van der Waals surface area contributed by atoms with Gasteiger partial charge in [0.05, 0.1) is 7.11 Å². The first-order valence-corrected chi connectivity index (χ1v) is 8.86. The molecule has 1 amide bonds. The van der Waals surface area contributed by atoms with Gasteiger partial charge in [-0.15, -0.1) is 0 Å². The Hall–Kier alpha value is -2.41. The number of benzene rings is 1. The first-order valence-electron chi connectivity index (χ1n) is 8.86. The van der Waals surface area contributed by atoms with Crippen LogP contribution in [0.2, 0.25) is 0 Å². The summed E-state index contributed by atoms with van der Waals surface area (Å²) in [7, 11) is 1.34. The zero-order valence-electron chi connectivity index (χ0n) is 15.5. The second-order valence-corrected chi connectivity index (χ2v) is 6.44. The van der Waals surface area contributed by atoms with E-state index < -0.39 is 18.1 Å². The van der Waals surface area contributed by atoms with Gasteiger partial charge in [-0.25, -0.2) is 4.79 Å². The summed E-state index contributed by atoms with van der Waals surface area (Å²) >= 11 is 0. The molecule has 1 aliphatic rings. The second-order valence-electron chi connectivity index (χ2n) is 6.44. The third-order valence-electron chi connectivity index (χ3n) is 4.93. The molecule has 0 bridgehead atoms. The number of carbonyl (C=O) groups excluding carboxylic acids is 2. The summed E-state index contributed by atoms with van der Waals surface area (Å²) in [5.74, 6) is -0.790. The van der Waals surface area contributed by atoms with Gasteiger partial charge in [-0.1, -0.05) is 6.92 Å². The maximum atomic E-state index is 12.3. The maximum absolute atomic E-state index is 12.3. The Morgan fingerprint density at radius 2 is 1.81 bits per heavy atom. The topological polar surface area (TPSA) is 87.2 Å². The fraction of sp³-hybridized carbons (Fsp3) is 0.526. The third-order valence-corrected chi connectivity index (χ3v) is 4.93. The van der Waals surface area contributed by atoms with Gasteiger partial charge in [0, 0.05) is 36.8 Å². The van der Waals surface area contributed by atoms with Crippen molar-refractivity contribution in [2.75, 3.05) is 25.1 Å². The molecule has 26 heavy (non-hydrogen) atoms.